The van der Waals surface area contributed by atoms with Crippen LogP contribution in [0, 0.1) is 5.92 Å². The zero-order valence-electron chi connectivity index (χ0n) is 10.1. The fourth-order valence-electron chi connectivity index (χ4n) is 2.60. The van der Waals surface area contributed by atoms with Crippen LogP contribution in [0.5, 0.6) is 0 Å². The molecular formula is C12H20N4O. The molecule has 1 saturated heterocycles. The van der Waals surface area contributed by atoms with Crippen molar-refractivity contribution in [1.29, 1.82) is 0 Å². The maximum Gasteiger partial charge on any atom is 0.227 e. The van der Waals surface area contributed by atoms with Crippen LogP contribution in [-0.2, 0) is 6.42 Å². The van der Waals surface area contributed by atoms with Gasteiger partial charge in [-0.25, -0.2) is 0 Å². The molecule has 94 valence electrons. The van der Waals surface area contributed by atoms with E-state index < -0.39 is 0 Å². The van der Waals surface area contributed by atoms with E-state index in [1.165, 1.54) is 38.7 Å². The molecule has 0 spiro atoms. The Bertz CT molecular complexity index is 336. The van der Waals surface area contributed by atoms with Gasteiger partial charge in [0, 0.05) is 25.6 Å². The first kappa shape index (κ1) is 11.2. The van der Waals surface area contributed by atoms with Crippen LogP contribution in [0.2, 0.25) is 0 Å². The largest absolute Gasteiger partial charge is 0.340 e. The number of hydrogen-bond donors (Lipinski definition) is 1. The summed E-state index contributed by atoms with van der Waals surface area (Å²) in [4.78, 5) is 6.61. The average molecular weight is 236 g/mol. The third-order valence-corrected chi connectivity index (χ3v) is 3.75. The van der Waals surface area contributed by atoms with E-state index in [1.54, 1.807) is 0 Å². The van der Waals surface area contributed by atoms with Gasteiger partial charge in [-0.2, -0.15) is 4.98 Å². The SMILES string of the molecule is c1noc(CCN2CCCNC(C3CC3)C2)n1. The Labute approximate surface area is 102 Å². The highest BCUT2D eigenvalue weighted by molar-refractivity contribution is 4.90. The average Bonchev–Trinajstić information content (AvgIpc) is 3.09. The molecule has 17 heavy (non-hydrogen) atoms. The monoisotopic (exact) mass is 236 g/mol. The molecule has 2 fully saturated rings. The summed E-state index contributed by atoms with van der Waals surface area (Å²) < 4.78 is 5.04. The summed E-state index contributed by atoms with van der Waals surface area (Å²) >= 11 is 0. The van der Waals surface area contributed by atoms with Gasteiger partial charge in [-0.1, -0.05) is 5.16 Å². The summed E-state index contributed by atoms with van der Waals surface area (Å²) in [6.07, 6.45) is 6.42. The lowest BCUT2D eigenvalue weighted by Gasteiger charge is -2.23. The van der Waals surface area contributed by atoms with Gasteiger partial charge in [0.05, 0.1) is 0 Å². The second-order valence-corrected chi connectivity index (χ2v) is 5.14. The highest BCUT2D eigenvalue weighted by Gasteiger charge is 2.32. The zero-order chi connectivity index (χ0) is 11.5. The molecule has 0 radical (unpaired) electrons. The van der Waals surface area contributed by atoms with Gasteiger partial charge in [-0.3, -0.25) is 0 Å². The molecule has 0 aromatic carbocycles. The van der Waals surface area contributed by atoms with E-state index in [1.807, 2.05) is 0 Å². The van der Waals surface area contributed by atoms with Crippen LogP contribution in [-0.4, -0.2) is 47.3 Å². The summed E-state index contributed by atoms with van der Waals surface area (Å²) in [7, 11) is 0. The predicted molar refractivity (Wildman–Crippen MR) is 63.6 cm³/mol. The van der Waals surface area contributed by atoms with Crippen molar-refractivity contribution < 1.29 is 4.52 Å². The standard InChI is InChI=1S/C12H20N4O/c1-5-13-11(10-2-3-10)8-16(6-1)7-4-12-14-9-15-17-12/h9-11,13H,1-8H2. The molecule has 1 aromatic heterocycles. The Kier molecular flexibility index (Phi) is 3.38. The Balaban J connectivity index is 1.50. The molecule has 1 unspecified atom stereocenters. The molecule has 1 atom stereocenters. The second kappa shape index (κ2) is 5.14. The lowest BCUT2D eigenvalue weighted by Crippen LogP contribution is -2.39. The zero-order valence-corrected chi connectivity index (χ0v) is 10.1. The molecule has 1 aromatic rings. The van der Waals surface area contributed by atoms with Gasteiger partial charge in [0.25, 0.3) is 0 Å². The Morgan fingerprint density at radius 2 is 2.41 bits per heavy atom. The maximum absolute atomic E-state index is 5.04. The summed E-state index contributed by atoms with van der Waals surface area (Å²) in [6, 6.07) is 0.709. The minimum atomic E-state index is 0.709. The minimum absolute atomic E-state index is 0.709. The second-order valence-electron chi connectivity index (χ2n) is 5.14. The van der Waals surface area contributed by atoms with Crippen molar-refractivity contribution in [3.8, 4) is 0 Å². The predicted octanol–water partition coefficient (Wildman–Crippen LogP) is 0.686. The van der Waals surface area contributed by atoms with Crippen LogP contribution in [0.4, 0.5) is 0 Å². The molecule has 1 N–H and O–H groups in total. The van der Waals surface area contributed by atoms with E-state index in [2.05, 4.69) is 20.4 Å². The maximum atomic E-state index is 5.04. The van der Waals surface area contributed by atoms with Crippen molar-refractivity contribution in [2.24, 2.45) is 5.92 Å². The number of hydrogen-bond acceptors (Lipinski definition) is 5. The van der Waals surface area contributed by atoms with Crippen molar-refractivity contribution in [3.05, 3.63) is 12.2 Å². The lowest BCUT2D eigenvalue weighted by molar-refractivity contribution is 0.250. The van der Waals surface area contributed by atoms with Gasteiger partial charge in [0.1, 0.15) is 0 Å². The highest BCUT2D eigenvalue weighted by atomic mass is 16.5. The minimum Gasteiger partial charge on any atom is -0.340 e. The first-order chi connectivity index (χ1) is 8.42. The van der Waals surface area contributed by atoms with E-state index in [4.69, 9.17) is 4.52 Å². The molecule has 2 aliphatic rings. The van der Waals surface area contributed by atoms with E-state index in [-0.39, 0.29) is 0 Å². The van der Waals surface area contributed by atoms with Gasteiger partial charge < -0.3 is 14.7 Å². The molecule has 5 heteroatoms. The first-order valence-corrected chi connectivity index (χ1v) is 6.63. The highest BCUT2D eigenvalue weighted by Crippen LogP contribution is 2.33. The van der Waals surface area contributed by atoms with Crippen molar-refractivity contribution in [2.45, 2.75) is 31.7 Å². The van der Waals surface area contributed by atoms with Crippen LogP contribution in [0.1, 0.15) is 25.2 Å². The van der Waals surface area contributed by atoms with Gasteiger partial charge in [-0.05, 0) is 38.3 Å². The van der Waals surface area contributed by atoms with Crippen LogP contribution in [0.3, 0.4) is 0 Å². The summed E-state index contributed by atoms with van der Waals surface area (Å²) in [5.41, 5.74) is 0. The molecule has 0 amide bonds. The van der Waals surface area contributed by atoms with Crippen molar-refractivity contribution in [1.82, 2.24) is 20.4 Å². The molecule has 3 rings (SSSR count). The van der Waals surface area contributed by atoms with Gasteiger partial charge in [-0.15, -0.1) is 0 Å². The fourth-order valence-corrected chi connectivity index (χ4v) is 2.60. The molecule has 1 aliphatic carbocycles. The van der Waals surface area contributed by atoms with Crippen molar-refractivity contribution >= 4 is 0 Å². The fraction of sp³-hybridized carbons (Fsp3) is 0.833. The van der Waals surface area contributed by atoms with E-state index in [9.17, 15) is 0 Å². The van der Waals surface area contributed by atoms with E-state index >= 15 is 0 Å². The molecular weight excluding hydrogens is 216 g/mol. The smallest absolute Gasteiger partial charge is 0.227 e. The lowest BCUT2D eigenvalue weighted by atomic mass is 10.2. The number of nitrogens with zero attached hydrogens (tertiary/aromatic N) is 3. The third-order valence-electron chi connectivity index (χ3n) is 3.75. The van der Waals surface area contributed by atoms with E-state index in [0.717, 1.165) is 31.3 Å². The normalized spacial score (nSPS) is 26.9. The van der Waals surface area contributed by atoms with Crippen LogP contribution < -0.4 is 5.32 Å². The van der Waals surface area contributed by atoms with E-state index in [0.29, 0.717) is 6.04 Å². The molecule has 2 heterocycles. The Morgan fingerprint density at radius 1 is 1.47 bits per heavy atom. The topological polar surface area (TPSA) is 54.2 Å². The van der Waals surface area contributed by atoms with Gasteiger partial charge in [0.2, 0.25) is 5.89 Å². The summed E-state index contributed by atoms with van der Waals surface area (Å²) in [5, 5.41) is 7.31. The quantitative estimate of drug-likeness (QED) is 0.833. The molecule has 1 aliphatic heterocycles. The Hall–Kier alpha value is -0.940. The Morgan fingerprint density at radius 3 is 3.18 bits per heavy atom. The molecule has 1 saturated carbocycles. The molecule has 5 nitrogen and oxygen atoms in total. The van der Waals surface area contributed by atoms with Gasteiger partial charge >= 0.3 is 0 Å². The number of aromatic nitrogens is 2. The first-order valence-electron chi connectivity index (χ1n) is 6.63. The van der Waals surface area contributed by atoms with Crippen LogP contribution >= 0.6 is 0 Å². The van der Waals surface area contributed by atoms with Crippen LogP contribution in [0.25, 0.3) is 0 Å². The summed E-state index contributed by atoms with van der Waals surface area (Å²) in [5.74, 6) is 1.68. The van der Waals surface area contributed by atoms with Gasteiger partial charge in [0.15, 0.2) is 6.33 Å². The number of nitrogens with one attached hydrogen (secondary N) is 1. The van der Waals surface area contributed by atoms with Crippen molar-refractivity contribution in [3.63, 3.8) is 0 Å². The van der Waals surface area contributed by atoms with Crippen molar-refractivity contribution in [2.75, 3.05) is 26.2 Å². The number of rotatable bonds is 4. The third kappa shape index (κ3) is 3.04. The molecule has 0 bridgehead atoms. The van der Waals surface area contributed by atoms with Crippen LogP contribution in [0.15, 0.2) is 10.9 Å². The summed E-state index contributed by atoms with van der Waals surface area (Å²) in [6.45, 7) is 4.56.